The lowest BCUT2D eigenvalue weighted by atomic mass is 10.0. The van der Waals surface area contributed by atoms with Crippen molar-refractivity contribution in [2.45, 2.75) is 251 Å². The molecule has 0 aliphatic carbocycles. The summed E-state index contributed by atoms with van der Waals surface area (Å²) in [5, 5.41) is 9.76. The third-order valence-electron chi connectivity index (χ3n) is 11.7. The van der Waals surface area contributed by atoms with Crippen LogP contribution in [-0.4, -0.2) is 66.5 Å². The molecule has 0 bridgehead atoms. The van der Waals surface area contributed by atoms with Crippen molar-refractivity contribution < 1.29 is 52.2 Å². The van der Waals surface area contributed by atoms with Gasteiger partial charge in [0.05, 0.1) is 19.8 Å². The van der Waals surface area contributed by atoms with Gasteiger partial charge in [0.15, 0.2) is 6.10 Å². The van der Waals surface area contributed by atoms with Gasteiger partial charge in [-0.25, -0.2) is 4.57 Å². The number of aliphatic hydroxyl groups excluding tert-OH is 1. The monoisotopic (exact) mass is 1000 g/mol. The molecule has 0 aromatic rings. The van der Waals surface area contributed by atoms with E-state index >= 15 is 0 Å². The van der Waals surface area contributed by atoms with Gasteiger partial charge in [-0.3, -0.25) is 23.4 Å². The summed E-state index contributed by atoms with van der Waals surface area (Å²) in [7, 11) is -4.76. The van der Waals surface area contributed by atoms with Crippen LogP contribution in [0.4, 0.5) is 0 Å². The van der Waals surface area contributed by atoms with Crippen molar-refractivity contribution in [3.05, 3.63) is 72.9 Å². The van der Waals surface area contributed by atoms with E-state index in [4.69, 9.17) is 23.3 Å². The number of rotatable bonds is 51. The Bertz CT molecular complexity index is 1450. The number of allylic oxidation sites excluding steroid dienone is 12. The molecule has 12 heteroatoms. The van der Waals surface area contributed by atoms with Gasteiger partial charge in [0.25, 0.3) is 0 Å². The number of hydrogen-bond acceptors (Lipinski definition) is 10. The van der Waals surface area contributed by atoms with Crippen molar-refractivity contribution in [2.75, 3.05) is 26.4 Å². The lowest BCUT2D eigenvalue weighted by Gasteiger charge is -2.21. The molecular formula is C58H101O11P. The number of ether oxygens (including phenoxy) is 3. The van der Waals surface area contributed by atoms with Crippen LogP contribution in [0.15, 0.2) is 72.9 Å². The molecule has 3 unspecified atom stereocenters. The van der Waals surface area contributed by atoms with Crippen molar-refractivity contribution in [1.29, 1.82) is 0 Å². The van der Waals surface area contributed by atoms with Gasteiger partial charge in [0.1, 0.15) is 12.7 Å². The Balaban J connectivity index is 4.84. The summed E-state index contributed by atoms with van der Waals surface area (Å²) in [6, 6.07) is 0. The van der Waals surface area contributed by atoms with E-state index in [9.17, 15) is 28.9 Å². The first-order valence-corrected chi connectivity index (χ1v) is 29.3. The van der Waals surface area contributed by atoms with E-state index < -0.39 is 57.8 Å². The Hall–Kier alpha value is -3.08. The van der Waals surface area contributed by atoms with E-state index in [1.165, 1.54) is 103 Å². The molecule has 0 aliphatic heterocycles. The molecule has 0 aliphatic rings. The topological polar surface area (TPSA) is 155 Å². The molecule has 0 aromatic carbocycles. The molecule has 0 spiro atoms. The number of phosphoric acid groups is 1. The minimum absolute atomic E-state index is 0.0433. The van der Waals surface area contributed by atoms with E-state index in [0.717, 1.165) is 77.0 Å². The summed E-state index contributed by atoms with van der Waals surface area (Å²) in [6.45, 7) is 4.43. The maximum absolute atomic E-state index is 12.8. The zero-order chi connectivity index (χ0) is 51.3. The Kier molecular flexibility index (Phi) is 50.0. The van der Waals surface area contributed by atoms with Gasteiger partial charge >= 0.3 is 25.7 Å². The van der Waals surface area contributed by atoms with E-state index in [1.807, 2.05) is 12.2 Å². The summed E-state index contributed by atoms with van der Waals surface area (Å²) in [6.07, 6.45) is 57.5. The third-order valence-corrected chi connectivity index (χ3v) is 12.6. The van der Waals surface area contributed by atoms with Crippen molar-refractivity contribution in [1.82, 2.24) is 0 Å². The average molecular weight is 1010 g/mol. The first-order chi connectivity index (χ1) is 34.2. The predicted octanol–water partition coefficient (Wildman–Crippen LogP) is 16.1. The highest BCUT2D eigenvalue weighted by Crippen LogP contribution is 2.43. The maximum atomic E-state index is 12.8. The second kappa shape index (κ2) is 52.2. The Morgan fingerprint density at radius 3 is 1.14 bits per heavy atom. The van der Waals surface area contributed by atoms with Gasteiger partial charge in [-0.2, -0.15) is 0 Å². The Labute approximate surface area is 427 Å². The second-order valence-electron chi connectivity index (χ2n) is 18.4. The van der Waals surface area contributed by atoms with E-state index in [2.05, 4.69) is 81.5 Å². The fraction of sp³-hybridized carbons (Fsp3) is 0.741. The lowest BCUT2D eigenvalue weighted by molar-refractivity contribution is -0.161. The summed E-state index contributed by atoms with van der Waals surface area (Å²) in [5.74, 6) is -1.56. The first-order valence-electron chi connectivity index (χ1n) is 27.8. The highest BCUT2D eigenvalue weighted by atomic mass is 31.2. The lowest BCUT2D eigenvalue weighted by Crippen LogP contribution is -2.30. The fourth-order valence-corrected chi connectivity index (χ4v) is 8.23. The van der Waals surface area contributed by atoms with Gasteiger partial charge in [-0.05, 0) is 57.8 Å². The zero-order valence-corrected chi connectivity index (χ0v) is 45.4. The number of unbranched alkanes of at least 4 members (excludes halogenated alkanes) is 22. The minimum Gasteiger partial charge on any atom is -0.462 e. The van der Waals surface area contributed by atoms with E-state index in [1.54, 1.807) is 0 Å². The molecule has 3 atom stereocenters. The zero-order valence-electron chi connectivity index (χ0n) is 44.5. The van der Waals surface area contributed by atoms with Crippen LogP contribution in [-0.2, 0) is 42.2 Å². The molecule has 70 heavy (non-hydrogen) atoms. The minimum atomic E-state index is -4.76. The van der Waals surface area contributed by atoms with Crippen LogP contribution in [0.5, 0.6) is 0 Å². The third kappa shape index (κ3) is 49.9. The Morgan fingerprint density at radius 2 is 0.743 bits per heavy atom. The molecule has 0 amide bonds. The number of phosphoric ester groups is 1. The quantitative estimate of drug-likeness (QED) is 0.0197. The van der Waals surface area contributed by atoms with Crippen molar-refractivity contribution in [2.24, 2.45) is 0 Å². The van der Waals surface area contributed by atoms with Crippen molar-refractivity contribution in [3.8, 4) is 0 Å². The highest BCUT2D eigenvalue weighted by Gasteiger charge is 2.28. The molecule has 0 aromatic heterocycles. The van der Waals surface area contributed by atoms with E-state index in [-0.39, 0.29) is 25.9 Å². The SMILES string of the molecule is CC/C=C\C/C=C\C/C=C\C/C=C\C/C=C\C/C=C\CCC(=O)OC(COC(=O)CCCCCCCCCCCCCCCCC)COP(=O)(O)OCC(CO)OC(=O)CCCCCCCCCCC. The highest BCUT2D eigenvalue weighted by molar-refractivity contribution is 7.47. The first kappa shape index (κ1) is 66.9. The number of carbonyl (C=O) groups excluding carboxylic acids is 3. The van der Waals surface area contributed by atoms with Crippen LogP contribution in [0.1, 0.15) is 239 Å². The van der Waals surface area contributed by atoms with Gasteiger partial charge in [0.2, 0.25) is 0 Å². The molecule has 404 valence electrons. The normalized spacial score (nSPS) is 14.0. The molecule has 0 saturated heterocycles. The van der Waals surface area contributed by atoms with Gasteiger partial charge in [-0.1, -0.05) is 235 Å². The van der Waals surface area contributed by atoms with Gasteiger partial charge < -0.3 is 24.2 Å². The molecule has 2 N–H and O–H groups in total. The standard InChI is InChI=1S/C58H101O11P/c1-4-7-10-13-16-19-21-23-25-26-27-28-30-32-34-37-40-43-46-49-58(62)69-55(51-65-56(60)47-44-41-38-36-33-31-29-24-22-20-17-14-11-8-5-2)53-67-70(63,64)66-52-54(50-59)68-57(61)48-45-42-39-35-18-15-12-9-6-3/h7,10,16,19,23,25,27-28,32,34,40,43,54-55,59H,4-6,8-9,11-15,17-18,20-22,24,26,29-31,33,35-39,41-42,44-53H2,1-3H3,(H,63,64)/b10-7-,19-16-,25-23-,28-27-,34-32-,43-40-. The second-order valence-corrected chi connectivity index (χ2v) is 19.8. The molecule has 0 heterocycles. The van der Waals surface area contributed by atoms with E-state index in [0.29, 0.717) is 19.3 Å². The van der Waals surface area contributed by atoms with Crippen molar-refractivity contribution in [3.63, 3.8) is 0 Å². The Morgan fingerprint density at radius 1 is 0.414 bits per heavy atom. The number of hydrogen-bond donors (Lipinski definition) is 2. The summed E-state index contributed by atoms with van der Waals surface area (Å²) >= 11 is 0. The number of carbonyl (C=O) groups is 3. The largest absolute Gasteiger partial charge is 0.472 e. The maximum Gasteiger partial charge on any atom is 0.472 e. The fourth-order valence-electron chi connectivity index (χ4n) is 7.44. The van der Waals surface area contributed by atoms with Crippen LogP contribution in [0, 0.1) is 0 Å². The summed E-state index contributed by atoms with van der Waals surface area (Å²) < 4.78 is 39.3. The van der Waals surface area contributed by atoms with Crippen LogP contribution in [0.2, 0.25) is 0 Å². The summed E-state index contributed by atoms with van der Waals surface area (Å²) in [4.78, 5) is 48.3. The molecule has 0 saturated carbocycles. The molecule has 11 nitrogen and oxygen atoms in total. The number of esters is 3. The van der Waals surface area contributed by atoms with Crippen molar-refractivity contribution >= 4 is 25.7 Å². The predicted molar refractivity (Wildman–Crippen MR) is 288 cm³/mol. The average Bonchev–Trinajstić information content (AvgIpc) is 3.35. The smallest absolute Gasteiger partial charge is 0.462 e. The van der Waals surface area contributed by atoms with Crippen LogP contribution in [0.25, 0.3) is 0 Å². The van der Waals surface area contributed by atoms with Crippen LogP contribution >= 0.6 is 7.82 Å². The molecule has 0 fully saturated rings. The van der Waals surface area contributed by atoms with Crippen LogP contribution in [0.3, 0.4) is 0 Å². The number of aliphatic hydroxyl groups is 1. The van der Waals surface area contributed by atoms with Crippen LogP contribution < -0.4 is 0 Å². The summed E-state index contributed by atoms with van der Waals surface area (Å²) in [5.41, 5.74) is 0. The van der Waals surface area contributed by atoms with Gasteiger partial charge in [0, 0.05) is 19.3 Å². The molecular weight excluding hydrogens is 904 g/mol. The molecule has 0 rings (SSSR count). The molecule has 0 radical (unpaired) electrons. The van der Waals surface area contributed by atoms with Gasteiger partial charge in [-0.15, -0.1) is 0 Å².